The summed E-state index contributed by atoms with van der Waals surface area (Å²) in [4.78, 5) is 17.2. The zero-order valence-corrected chi connectivity index (χ0v) is 18.2. The first-order valence-electron chi connectivity index (χ1n) is 10.9. The third-order valence-electron chi connectivity index (χ3n) is 6.16. The van der Waals surface area contributed by atoms with Gasteiger partial charge in [-0.15, -0.1) is 0 Å². The molecule has 33 heavy (non-hydrogen) atoms. The number of nitrogens with zero attached hydrogens (tertiary/aromatic N) is 3. The Morgan fingerprint density at radius 2 is 2.09 bits per heavy atom. The number of hydrogen-bond acceptors (Lipinski definition) is 6. The number of aromatic nitrogens is 3. The summed E-state index contributed by atoms with van der Waals surface area (Å²) in [6.07, 6.45) is 3.44. The Kier molecular flexibility index (Phi) is 5.65. The summed E-state index contributed by atoms with van der Waals surface area (Å²) in [5.74, 6) is -0.428. The number of carbonyl (C=O) groups excluding carboxylic acids is 1. The smallest absolute Gasteiger partial charge is 0.252 e. The maximum atomic E-state index is 14.5. The quantitative estimate of drug-likeness (QED) is 0.461. The fraction of sp³-hybridized carbons (Fsp3) is 0.292. The van der Waals surface area contributed by atoms with Gasteiger partial charge in [-0.2, -0.15) is 5.10 Å². The van der Waals surface area contributed by atoms with Gasteiger partial charge in [0.15, 0.2) is 0 Å². The van der Waals surface area contributed by atoms with Crippen LogP contribution in [-0.2, 0) is 13.1 Å². The zero-order chi connectivity index (χ0) is 22.9. The van der Waals surface area contributed by atoms with Gasteiger partial charge < -0.3 is 21.1 Å². The van der Waals surface area contributed by atoms with Crippen LogP contribution in [0.4, 0.5) is 10.1 Å². The maximum Gasteiger partial charge on any atom is 0.252 e. The predicted octanol–water partition coefficient (Wildman–Crippen LogP) is 2.21. The second-order valence-corrected chi connectivity index (χ2v) is 8.18. The molecule has 2 atom stereocenters. The molecule has 3 aromatic rings. The van der Waals surface area contributed by atoms with Crippen molar-refractivity contribution in [2.75, 3.05) is 25.5 Å². The molecule has 8 nitrogen and oxygen atoms in total. The van der Waals surface area contributed by atoms with E-state index in [0.29, 0.717) is 35.7 Å². The summed E-state index contributed by atoms with van der Waals surface area (Å²) in [6.45, 7) is 1.30. The van der Waals surface area contributed by atoms with Crippen molar-refractivity contribution in [2.45, 2.75) is 25.0 Å². The number of anilines is 1. The van der Waals surface area contributed by atoms with Crippen molar-refractivity contribution in [2.24, 2.45) is 0 Å². The molecule has 170 valence electrons. The molecule has 0 bridgehead atoms. The van der Waals surface area contributed by atoms with Crippen molar-refractivity contribution in [1.82, 2.24) is 25.4 Å². The number of aliphatic hydroxyl groups excluding tert-OH is 1. The molecule has 0 aliphatic carbocycles. The summed E-state index contributed by atoms with van der Waals surface area (Å²) in [7, 11) is 1.90. The van der Waals surface area contributed by atoms with E-state index in [-0.39, 0.29) is 24.5 Å². The second kappa shape index (κ2) is 8.76. The number of carbonyl (C=O) groups is 1. The normalized spacial score (nSPS) is 19.2. The molecule has 9 heteroatoms. The molecule has 5 rings (SSSR count). The lowest BCUT2D eigenvalue weighted by Gasteiger charge is -2.37. The van der Waals surface area contributed by atoms with Crippen LogP contribution in [0.5, 0.6) is 0 Å². The van der Waals surface area contributed by atoms with Crippen molar-refractivity contribution in [1.29, 1.82) is 0 Å². The van der Waals surface area contributed by atoms with Crippen LogP contribution in [0.15, 0.2) is 48.8 Å². The van der Waals surface area contributed by atoms with E-state index in [1.165, 1.54) is 18.5 Å². The SMILES string of the molecule is CNCc1ccc(C2Nc3cc(F)cc4c3C(=CCNC4=O)C2c2ncnn2CCO)cc1. The van der Waals surface area contributed by atoms with Gasteiger partial charge in [0.2, 0.25) is 0 Å². The molecule has 1 aromatic heterocycles. The lowest BCUT2D eigenvalue weighted by molar-refractivity contribution is 0.0958. The van der Waals surface area contributed by atoms with E-state index in [9.17, 15) is 14.3 Å². The molecule has 1 amide bonds. The van der Waals surface area contributed by atoms with E-state index in [1.807, 2.05) is 13.1 Å². The summed E-state index contributed by atoms with van der Waals surface area (Å²) in [5, 5.41) is 23.3. The molecule has 4 N–H and O–H groups in total. The van der Waals surface area contributed by atoms with Crippen molar-refractivity contribution < 1.29 is 14.3 Å². The van der Waals surface area contributed by atoms with Crippen LogP contribution in [-0.4, -0.2) is 46.0 Å². The van der Waals surface area contributed by atoms with Gasteiger partial charge in [-0.1, -0.05) is 30.3 Å². The Labute approximate surface area is 190 Å². The fourth-order valence-corrected chi connectivity index (χ4v) is 4.77. The van der Waals surface area contributed by atoms with E-state index >= 15 is 0 Å². The van der Waals surface area contributed by atoms with Crippen LogP contribution < -0.4 is 16.0 Å². The molecule has 2 aliphatic heterocycles. The molecule has 2 aromatic carbocycles. The van der Waals surface area contributed by atoms with E-state index in [0.717, 1.165) is 23.2 Å². The van der Waals surface area contributed by atoms with Gasteiger partial charge in [0.1, 0.15) is 18.0 Å². The zero-order valence-electron chi connectivity index (χ0n) is 18.2. The summed E-state index contributed by atoms with van der Waals surface area (Å²) >= 11 is 0. The molecule has 3 heterocycles. The lowest BCUT2D eigenvalue weighted by Crippen LogP contribution is -2.30. The summed E-state index contributed by atoms with van der Waals surface area (Å²) in [5.41, 5.74) is 4.57. The van der Waals surface area contributed by atoms with Crippen LogP contribution in [0.25, 0.3) is 5.57 Å². The largest absolute Gasteiger partial charge is 0.394 e. The highest BCUT2D eigenvalue weighted by Gasteiger charge is 2.40. The van der Waals surface area contributed by atoms with Crippen LogP contribution in [0.3, 0.4) is 0 Å². The third-order valence-corrected chi connectivity index (χ3v) is 6.16. The first-order valence-corrected chi connectivity index (χ1v) is 10.9. The Morgan fingerprint density at radius 3 is 2.85 bits per heavy atom. The van der Waals surface area contributed by atoms with Crippen LogP contribution in [0.2, 0.25) is 0 Å². The highest BCUT2D eigenvalue weighted by atomic mass is 19.1. The summed E-state index contributed by atoms with van der Waals surface area (Å²) < 4.78 is 16.2. The number of halogens is 1. The van der Waals surface area contributed by atoms with E-state index in [1.54, 1.807) is 4.68 Å². The van der Waals surface area contributed by atoms with Crippen LogP contribution in [0, 0.1) is 5.82 Å². The minimum atomic E-state index is -0.474. The number of benzene rings is 2. The monoisotopic (exact) mass is 448 g/mol. The molecule has 2 unspecified atom stereocenters. The molecule has 0 saturated carbocycles. The number of nitrogens with one attached hydrogen (secondary N) is 3. The Balaban J connectivity index is 1.71. The average Bonchev–Trinajstić information content (AvgIpc) is 3.19. The Bertz CT molecular complexity index is 1220. The van der Waals surface area contributed by atoms with Crippen molar-refractivity contribution in [3.05, 3.63) is 82.7 Å². The fourth-order valence-electron chi connectivity index (χ4n) is 4.77. The van der Waals surface area contributed by atoms with Crippen molar-refractivity contribution in [3.8, 4) is 0 Å². The van der Waals surface area contributed by atoms with Gasteiger partial charge >= 0.3 is 0 Å². The number of hydrogen-bond donors (Lipinski definition) is 4. The minimum Gasteiger partial charge on any atom is -0.394 e. The number of rotatable bonds is 6. The van der Waals surface area contributed by atoms with Crippen molar-refractivity contribution in [3.63, 3.8) is 0 Å². The highest BCUT2D eigenvalue weighted by molar-refractivity contribution is 6.04. The van der Waals surface area contributed by atoms with E-state index < -0.39 is 5.82 Å². The van der Waals surface area contributed by atoms with Gasteiger partial charge in [-0.3, -0.25) is 4.79 Å². The molecule has 0 fully saturated rings. The standard InChI is InChI=1S/C24H25FN6O2/c1-26-12-14-2-4-15(5-3-14)22-21(23-28-13-29-31(23)8-9-32)17-6-7-27-24(33)18-10-16(25)11-19(30-22)20(17)18/h2-6,10-11,13,21-22,26,30,32H,7-9,12H2,1H3,(H,27,33). The molecule has 2 aliphatic rings. The van der Waals surface area contributed by atoms with Crippen LogP contribution >= 0.6 is 0 Å². The Morgan fingerprint density at radius 1 is 1.27 bits per heavy atom. The first-order chi connectivity index (χ1) is 16.1. The van der Waals surface area contributed by atoms with Crippen LogP contribution in [0.1, 0.15) is 44.8 Å². The topological polar surface area (TPSA) is 104 Å². The van der Waals surface area contributed by atoms with Gasteiger partial charge in [0, 0.05) is 24.3 Å². The average molecular weight is 449 g/mol. The Hall–Kier alpha value is -3.56. The molecular weight excluding hydrogens is 423 g/mol. The highest BCUT2D eigenvalue weighted by Crippen LogP contribution is 2.50. The second-order valence-electron chi connectivity index (χ2n) is 8.18. The third kappa shape index (κ3) is 3.79. The van der Waals surface area contributed by atoms with Gasteiger partial charge in [-0.25, -0.2) is 14.1 Å². The minimum absolute atomic E-state index is 0.0774. The summed E-state index contributed by atoms with van der Waals surface area (Å²) in [6, 6.07) is 10.6. The molecule has 0 spiro atoms. The molecule has 0 radical (unpaired) electrons. The predicted molar refractivity (Wildman–Crippen MR) is 122 cm³/mol. The maximum absolute atomic E-state index is 14.5. The molecule has 0 saturated heterocycles. The molecular formula is C24H25FN6O2. The van der Waals surface area contributed by atoms with E-state index in [4.69, 9.17) is 0 Å². The van der Waals surface area contributed by atoms with Gasteiger partial charge in [0.25, 0.3) is 5.91 Å². The van der Waals surface area contributed by atoms with Crippen molar-refractivity contribution >= 4 is 17.2 Å². The first kappa shape index (κ1) is 21.3. The number of aliphatic hydroxyl groups is 1. The van der Waals surface area contributed by atoms with Gasteiger partial charge in [-0.05, 0) is 35.9 Å². The lowest BCUT2D eigenvalue weighted by atomic mass is 9.77. The number of amides is 1. The van der Waals surface area contributed by atoms with E-state index in [2.05, 4.69) is 50.3 Å². The van der Waals surface area contributed by atoms with Gasteiger partial charge in [0.05, 0.1) is 30.7 Å².